The van der Waals surface area contributed by atoms with Crippen LogP contribution in [0.4, 0.5) is 0 Å². The maximum atomic E-state index is 12.4. The number of rotatable bonds is 4. The molecule has 1 atom stereocenters. The molecule has 3 rings (SSSR count). The maximum absolute atomic E-state index is 12.4. The number of likely N-dealkylation sites (tertiary alicyclic amines) is 1. The molecule has 0 spiro atoms. The predicted molar refractivity (Wildman–Crippen MR) is 94.2 cm³/mol. The summed E-state index contributed by atoms with van der Waals surface area (Å²) in [7, 11) is 2.02. The highest BCUT2D eigenvalue weighted by Gasteiger charge is 2.27. The SMILES string of the molecule is CC(Sc1nnc(C2CCNCC2)n1C)C(=O)N1CCCC1.Cl. The molecule has 1 unspecified atom stereocenters. The second kappa shape index (κ2) is 8.35. The number of aromatic nitrogens is 3. The van der Waals surface area contributed by atoms with Crippen molar-refractivity contribution in [3.05, 3.63) is 5.82 Å². The third kappa shape index (κ3) is 4.19. The van der Waals surface area contributed by atoms with Crippen LogP contribution in [-0.4, -0.2) is 57.0 Å². The molecule has 6 nitrogen and oxygen atoms in total. The molecule has 8 heteroatoms. The summed E-state index contributed by atoms with van der Waals surface area (Å²) in [5, 5.41) is 12.8. The van der Waals surface area contributed by atoms with Gasteiger partial charge in [-0.25, -0.2) is 0 Å². The summed E-state index contributed by atoms with van der Waals surface area (Å²) in [6.45, 7) is 5.88. The topological polar surface area (TPSA) is 63.1 Å². The Morgan fingerprint density at radius 3 is 2.57 bits per heavy atom. The van der Waals surface area contributed by atoms with Crippen molar-refractivity contribution in [3.8, 4) is 0 Å². The Balaban J connectivity index is 0.00000192. The van der Waals surface area contributed by atoms with Crippen molar-refractivity contribution in [2.45, 2.75) is 48.9 Å². The molecule has 2 fully saturated rings. The molecular weight excluding hydrogens is 334 g/mol. The van der Waals surface area contributed by atoms with Crippen molar-refractivity contribution >= 4 is 30.1 Å². The average Bonchev–Trinajstić information content (AvgIpc) is 3.18. The van der Waals surface area contributed by atoms with Crippen LogP contribution in [-0.2, 0) is 11.8 Å². The van der Waals surface area contributed by atoms with Crippen LogP contribution in [0.15, 0.2) is 5.16 Å². The zero-order chi connectivity index (χ0) is 15.5. The fraction of sp³-hybridized carbons (Fsp3) is 0.800. The lowest BCUT2D eigenvalue weighted by atomic mass is 9.97. The minimum Gasteiger partial charge on any atom is -0.342 e. The third-order valence-electron chi connectivity index (χ3n) is 4.62. The Labute approximate surface area is 148 Å². The van der Waals surface area contributed by atoms with E-state index in [9.17, 15) is 4.79 Å². The van der Waals surface area contributed by atoms with E-state index in [0.29, 0.717) is 5.92 Å². The number of nitrogens with one attached hydrogen (secondary N) is 1. The summed E-state index contributed by atoms with van der Waals surface area (Å²) < 4.78 is 2.08. The number of thioether (sulfide) groups is 1. The van der Waals surface area contributed by atoms with Gasteiger partial charge >= 0.3 is 0 Å². The fourth-order valence-electron chi connectivity index (χ4n) is 3.27. The molecular formula is C15H26ClN5OS. The van der Waals surface area contributed by atoms with Crippen molar-refractivity contribution in [1.29, 1.82) is 0 Å². The standard InChI is InChI=1S/C15H25N5OS.ClH/c1-11(14(21)20-9-3-4-10-20)22-15-18-17-13(19(15)2)12-5-7-16-8-6-12;/h11-12,16H,3-10H2,1-2H3;1H. The van der Waals surface area contributed by atoms with Crippen LogP contribution in [0.2, 0.25) is 0 Å². The van der Waals surface area contributed by atoms with Crippen LogP contribution in [0.1, 0.15) is 44.3 Å². The molecule has 130 valence electrons. The lowest BCUT2D eigenvalue weighted by Gasteiger charge is -2.22. The van der Waals surface area contributed by atoms with Crippen LogP contribution in [0.5, 0.6) is 0 Å². The van der Waals surface area contributed by atoms with E-state index in [1.807, 2.05) is 18.9 Å². The van der Waals surface area contributed by atoms with E-state index in [1.165, 1.54) is 11.8 Å². The number of hydrogen-bond donors (Lipinski definition) is 1. The van der Waals surface area contributed by atoms with Gasteiger partial charge in [-0.1, -0.05) is 11.8 Å². The lowest BCUT2D eigenvalue weighted by molar-refractivity contribution is -0.129. The molecule has 1 N–H and O–H groups in total. The molecule has 0 aromatic carbocycles. The smallest absolute Gasteiger partial charge is 0.235 e. The monoisotopic (exact) mass is 359 g/mol. The van der Waals surface area contributed by atoms with Gasteiger partial charge in [0.1, 0.15) is 5.82 Å². The number of halogens is 1. The normalized spacial score (nSPS) is 20.3. The molecule has 2 aliphatic rings. The lowest BCUT2D eigenvalue weighted by Crippen LogP contribution is -2.34. The minimum absolute atomic E-state index is 0. The second-order valence-electron chi connectivity index (χ2n) is 6.22. The number of carbonyl (C=O) groups is 1. The zero-order valence-corrected chi connectivity index (χ0v) is 15.5. The maximum Gasteiger partial charge on any atom is 0.235 e. The summed E-state index contributed by atoms with van der Waals surface area (Å²) in [4.78, 5) is 14.4. The van der Waals surface area contributed by atoms with Gasteiger partial charge in [-0.2, -0.15) is 0 Å². The highest BCUT2D eigenvalue weighted by molar-refractivity contribution is 8.00. The van der Waals surface area contributed by atoms with Gasteiger partial charge < -0.3 is 14.8 Å². The first-order valence-electron chi connectivity index (χ1n) is 8.22. The van der Waals surface area contributed by atoms with E-state index in [-0.39, 0.29) is 23.6 Å². The third-order valence-corrected chi connectivity index (χ3v) is 5.74. The summed E-state index contributed by atoms with van der Waals surface area (Å²) in [5.41, 5.74) is 0. The van der Waals surface area contributed by atoms with Gasteiger partial charge in [0.2, 0.25) is 5.91 Å². The van der Waals surface area contributed by atoms with Crippen molar-refractivity contribution in [3.63, 3.8) is 0 Å². The Kier molecular flexibility index (Phi) is 6.73. The Morgan fingerprint density at radius 2 is 1.91 bits per heavy atom. The largest absolute Gasteiger partial charge is 0.342 e. The number of piperidine rings is 1. The average molecular weight is 360 g/mol. The first-order chi connectivity index (χ1) is 10.7. The van der Waals surface area contributed by atoms with Gasteiger partial charge in [-0.3, -0.25) is 4.79 Å². The number of hydrogen-bond acceptors (Lipinski definition) is 5. The van der Waals surface area contributed by atoms with Crippen LogP contribution in [0, 0.1) is 0 Å². The quantitative estimate of drug-likeness (QED) is 0.830. The van der Waals surface area contributed by atoms with Crippen LogP contribution >= 0.6 is 24.2 Å². The van der Waals surface area contributed by atoms with Crippen molar-refractivity contribution < 1.29 is 4.79 Å². The summed E-state index contributed by atoms with van der Waals surface area (Å²) in [5.74, 6) is 1.77. The number of carbonyl (C=O) groups excluding carboxylic acids is 1. The molecule has 3 heterocycles. The van der Waals surface area contributed by atoms with Gasteiger partial charge in [0.05, 0.1) is 5.25 Å². The molecule has 0 saturated carbocycles. The number of nitrogens with zero attached hydrogens (tertiary/aromatic N) is 4. The molecule has 1 amide bonds. The molecule has 2 aliphatic heterocycles. The Hall–Kier alpha value is -0.790. The van der Waals surface area contributed by atoms with Gasteiger partial charge in [-0.05, 0) is 45.7 Å². The van der Waals surface area contributed by atoms with Crippen LogP contribution < -0.4 is 5.32 Å². The second-order valence-corrected chi connectivity index (χ2v) is 7.52. The molecule has 0 bridgehead atoms. The minimum atomic E-state index is -0.0955. The first kappa shape index (κ1) is 18.5. The summed E-state index contributed by atoms with van der Waals surface area (Å²) in [6.07, 6.45) is 4.48. The van der Waals surface area contributed by atoms with Crippen molar-refractivity contribution in [1.82, 2.24) is 25.0 Å². The van der Waals surface area contributed by atoms with Gasteiger partial charge in [0.25, 0.3) is 0 Å². The Bertz CT molecular complexity index is 526. The van der Waals surface area contributed by atoms with Gasteiger partial charge in [0, 0.05) is 26.1 Å². The van der Waals surface area contributed by atoms with E-state index >= 15 is 0 Å². The predicted octanol–water partition coefficient (Wildman–Crippen LogP) is 1.81. The van der Waals surface area contributed by atoms with E-state index in [0.717, 1.165) is 62.8 Å². The molecule has 1 aromatic heterocycles. The number of amides is 1. The molecule has 0 aliphatic carbocycles. The van der Waals surface area contributed by atoms with Gasteiger partial charge in [0.15, 0.2) is 5.16 Å². The van der Waals surface area contributed by atoms with Crippen molar-refractivity contribution in [2.75, 3.05) is 26.2 Å². The van der Waals surface area contributed by atoms with E-state index in [1.54, 1.807) is 0 Å². The highest BCUT2D eigenvalue weighted by Crippen LogP contribution is 2.29. The van der Waals surface area contributed by atoms with Crippen LogP contribution in [0.3, 0.4) is 0 Å². The van der Waals surface area contributed by atoms with Crippen LogP contribution in [0.25, 0.3) is 0 Å². The summed E-state index contributed by atoms with van der Waals surface area (Å²) >= 11 is 1.53. The molecule has 0 radical (unpaired) electrons. The first-order valence-corrected chi connectivity index (χ1v) is 9.10. The molecule has 1 aromatic rings. The van der Waals surface area contributed by atoms with E-state index in [4.69, 9.17) is 0 Å². The molecule has 2 saturated heterocycles. The van der Waals surface area contributed by atoms with Crippen molar-refractivity contribution in [2.24, 2.45) is 7.05 Å². The van der Waals surface area contributed by atoms with E-state index < -0.39 is 0 Å². The zero-order valence-electron chi connectivity index (χ0n) is 13.8. The Morgan fingerprint density at radius 1 is 1.26 bits per heavy atom. The van der Waals surface area contributed by atoms with E-state index in [2.05, 4.69) is 20.1 Å². The fourth-order valence-corrected chi connectivity index (χ4v) is 4.17. The molecule has 23 heavy (non-hydrogen) atoms. The highest BCUT2D eigenvalue weighted by atomic mass is 35.5. The summed E-state index contributed by atoms with van der Waals surface area (Å²) in [6, 6.07) is 0. The van der Waals surface area contributed by atoms with Gasteiger partial charge in [-0.15, -0.1) is 22.6 Å².